The molecule has 0 radical (unpaired) electrons. The monoisotopic (exact) mass is 487 g/mol. The van der Waals surface area contributed by atoms with Crippen molar-refractivity contribution in [1.82, 2.24) is 4.90 Å². The van der Waals surface area contributed by atoms with Crippen LogP contribution in [0.5, 0.6) is 17.2 Å². The largest absolute Gasteiger partial charge is 0.507 e. The number of aliphatic hydroxyl groups is 1. The Morgan fingerprint density at radius 3 is 2.14 bits per heavy atom. The fraction of sp³-hybridized carbons (Fsp3) is 0.241. The Balaban J connectivity index is 1.74. The second-order valence-electron chi connectivity index (χ2n) is 8.57. The molecular formula is C29H29NO6. The fourth-order valence-electron chi connectivity index (χ4n) is 4.40. The summed E-state index contributed by atoms with van der Waals surface area (Å²) in [4.78, 5) is 28.0. The molecule has 1 saturated heterocycles. The van der Waals surface area contributed by atoms with Gasteiger partial charge < -0.3 is 24.2 Å². The van der Waals surface area contributed by atoms with Crippen molar-refractivity contribution in [3.8, 4) is 17.2 Å². The van der Waals surface area contributed by atoms with Crippen LogP contribution in [0.4, 0.5) is 0 Å². The summed E-state index contributed by atoms with van der Waals surface area (Å²) in [6.45, 7) is 2.20. The molecule has 0 saturated carbocycles. The highest BCUT2D eigenvalue weighted by molar-refractivity contribution is 6.46. The number of ether oxygens (including phenoxy) is 3. The first-order valence-corrected chi connectivity index (χ1v) is 11.6. The average Bonchev–Trinajstić information content (AvgIpc) is 3.16. The Kier molecular flexibility index (Phi) is 7.29. The third kappa shape index (κ3) is 4.77. The number of likely N-dealkylation sites (tertiary alicyclic amines) is 1. The number of hydrogen-bond donors (Lipinski definition) is 1. The maximum atomic E-state index is 13.2. The second-order valence-corrected chi connectivity index (χ2v) is 8.57. The summed E-state index contributed by atoms with van der Waals surface area (Å²) >= 11 is 0. The quantitative estimate of drug-likeness (QED) is 0.282. The van der Waals surface area contributed by atoms with Gasteiger partial charge in [-0.15, -0.1) is 0 Å². The number of ketones is 1. The van der Waals surface area contributed by atoms with Gasteiger partial charge in [0.1, 0.15) is 11.5 Å². The molecule has 3 aromatic carbocycles. The van der Waals surface area contributed by atoms with Gasteiger partial charge in [-0.1, -0.05) is 48.0 Å². The van der Waals surface area contributed by atoms with Gasteiger partial charge in [0.2, 0.25) is 0 Å². The first kappa shape index (κ1) is 24.9. The van der Waals surface area contributed by atoms with Crippen LogP contribution in [-0.4, -0.2) is 49.6 Å². The number of carbonyl (C=O) groups is 2. The van der Waals surface area contributed by atoms with Crippen molar-refractivity contribution in [2.45, 2.75) is 19.4 Å². The van der Waals surface area contributed by atoms with E-state index < -0.39 is 17.7 Å². The lowest BCUT2D eigenvalue weighted by Gasteiger charge is -2.25. The van der Waals surface area contributed by atoms with Crippen LogP contribution < -0.4 is 14.2 Å². The molecule has 0 aliphatic carbocycles. The molecule has 7 heteroatoms. The van der Waals surface area contributed by atoms with Gasteiger partial charge in [-0.3, -0.25) is 9.59 Å². The molecule has 1 heterocycles. The van der Waals surface area contributed by atoms with Crippen LogP contribution in [-0.2, 0) is 16.0 Å². The number of Topliss-reactive ketones (excluding diaryl/α,β-unsaturated/α-hetero) is 1. The lowest BCUT2D eigenvalue weighted by Crippen LogP contribution is -2.31. The van der Waals surface area contributed by atoms with E-state index in [1.165, 1.54) is 4.90 Å². The molecule has 4 rings (SSSR count). The van der Waals surface area contributed by atoms with E-state index in [0.29, 0.717) is 34.8 Å². The van der Waals surface area contributed by atoms with Gasteiger partial charge in [-0.05, 0) is 48.7 Å². The Hall–Kier alpha value is -4.26. The standard InChI is InChI=1S/C29H29NO6/c1-18-5-8-21(9-6-18)27(31)25-26(20-10-12-22(34-2)13-11-20)30(29(33)28(25)32)16-15-19-7-14-23(35-3)24(17-19)36-4/h5-14,17,26,31H,15-16H2,1-4H3/t26-/m1/s1. The van der Waals surface area contributed by atoms with Crippen LogP contribution in [0.3, 0.4) is 0 Å². The number of aryl methyl sites for hydroxylation is 1. The van der Waals surface area contributed by atoms with Crippen LogP contribution in [0, 0.1) is 6.92 Å². The van der Waals surface area contributed by atoms with Gasteiger partial charge in [0.05, 0.1) is 32.9 Å². The number of rotatable bonds is 8. The number of aliphatic hydroxyl groups excluding tert-OH is 1. The lowest BCUT2D eigenvalue weighted by molar-refractivity contribution is -0.139. The molecule has 0 aromatic heterocycles. The Bertz CT molecular complexity index is 1290. The minimum absolute atomic E-state index is 0.0707. The van der Waals surface area contributed by atoms with Crippen molar-refractivity contribution >= 4 is 17.4 Å². The minimum atomic E-state index is -0.739. The highest BCUT2D eigenvalue weighted by atomic mass is 16.5. The minimum Gasteiger partial charge on any atom is -0.507 e. The third-order valence-corrected chi connectivity index (χ3v) is 6.39. The molecule has 36 heavy (non-hydrogen) atoms. The second kappa shape index (κ2) is 10.6. The highest BCUT2D eigenvalue weighted by Crippen LogP contribution is 2.40. The Morgan fingerprint density at radius 1 is 0.861 bits per heavy atom. The average molecular weight is 488 g/mol. The summed E-state index contributed by atoms with van der Waals surface area (Å²) in [5.74, 6) is 0.301. The zero-order valence-electron chi connectivity index (χ0n) is 20.8. The van der Waals surface area contributed by atoms with Gasteiger partial charge in [0.15, 0.2) is 11.5 Å². The molecule has 1 fully saturated rings. The Morgan fingerprint density at radius 2 is 1.53 bits per heavy atom. The van der Waals surface area contributed by atoms with E-state index in [0.717, 1.165) is 11.1 Å². The summed E-state index contributed by atoms with van der Waals surface area (Å²) in [5.41, 5.74) is 3.20. The summed E-state index contributed by atoms with van der Waals surface area (Å²) in [7, 11) is 4.70. The van der Waals surface area contributed by atoms with Crippen molar-refractivity contribution in [3.63, 3.8) is 0 Å². The highest BCUT2D eigenvalue weighted by Gasteiger charge is 2.45. The molecule has 0 bridgehead atoms. The van der Waals surface area contributed by atoms with E-state index in [-0.39, 0.29) is 17.9 Å². The number of benzene rings is 3. The van der Waals surface area contributed by atoms with E-state index in [4.69, 9.17) is 14.2 Å². The van der Waals surface area contributed by atoms with Crippen molar-refractivity contribution in [1.29, 1.82) is 0 Å². The molecule has 0 unspecified atom stereocenters. The zero-order chi connectivity index (χ0) is 25.8. The molecule has 0 spiro atoms. The number of carbonyl (C=O) groups excluding carboxylic acids is 2. The van der Waals surface area contributed by atoms with Crippen LogP contribution in [0.1, 0.15) is 28.3 Å². The number of hydrogen-bond acceptors (Lipinski definition) is 6. The molecule has 186 valence electrons. The summed E-state index contributed by atoms with van der Waals surface area (Å²) in [5, 5.41) is 11.2. The van der Waals surface area contributed by atoms with E-state index in [1.54, 1.807) is 63.8 Å². The third-order valence-electron chi connectivity index (χ3n) is 6.39. The summed E-state index contributed by atoms with van der Waals surface area (Å²) < 4.78 is 16.0. The lowest BCUT2D eigenvalue weighted by atomic mass is 9.95. The maximum absolute atomic E-state index is 13.2. The molecule has 1 aliphatic rings. The number of nitrogens with zero attached hydrogens (tertiary/aromatic N) is 1. The maximum Gasteiger partial charge on any atom is 0.295 e. The number of amides is 1. The number of methoxy groups -OCH3 is 3. The molecule has 3 aromatic rings. The van der Waals surface area contributed by atoms with E-state index in [2.05, 4.69) is 0 Å². The molecule has 7 nitrogen and oxygen atoms in total. The van der Waals surface area contributed by atoms with Crippen molar-refractivity contribution in [2.24, 2.45) is 0 Å². The summed E-state index contributed by atoms with van der Waals surface area (Å²) in [6.07, 6.45) is 0.477. The van der Waals surface area contributed by atoms with Crippen LogP contribution in [0.15, 0.2) is 72.3 Å². The van der Waals surface area contributed by atoms with E-state index >= 15 is 0 Å². The van der Waals surface area contributed by atoms with E-state index in [9.17, 15) is 14.7 Å². The molecule has 1 aliphatic heterocycles. The fourth-order valence-corrected chi connectivity index (χ4v) is 4.40. The molecule has 1 atom stereocenters. The summed E-state index contributed by atoms with van der Waals surface area (Å²) in [6, 6.07) is 19.2. The first-order chi connectivity index (χ1) is 17.4. The predicted molar refractivity (Wildman–Crippen MR) is 136 cm³/mol. The van der Waals surface area contributed by atoms with Crippen molar-refractivity contribution in [3.05, 3.63) is 94.6 Å². The van der Waals surface area contributed by atoms with Crippen LogP contribution in [0.2, 0.25) is 0 Å². The van der Waals surface area contributed by atoms with Gasteiger partial charge in [-0.2, -0.15) is 0 Å². The SMILES string of the molecule is COc1ccc([C@@H]2C(=C(O)c3ccc(C)cc3)C(=O)C(=O)N2CCc2ccc(OC)c(OC)c2)cc1. The topological polar surface area (TPSA) is 85.3 Å². The van der Waals surface area contributed by atoms with E-state index in [1.807, 2.05) is 31.2 Å². The van der Waals surface area contributed by atoms with Crippen LogP contribution in [0.25, 0.3) is 5.76 Å². The zero-order valence-corrected chi connectivity index (χ0v) is 20.8. The predicted octanol–water partition coefficient (Wildman–Crippen LogP) is 4.69. The van der Waals surface area contributed by atoms with Gasteiger partial charge >= 0.3 is 0 Å². The molecular weight excluding hydrogens is 458 g/mol. The van der Waals surface area contributed by atoms with Crippen molar-refractivity contribution < 1.29 is 28.9 Å². The van der Waals surface area contributed by atoms with Gasteiger partial charge in [0.25, 0.3) is 11.7 Å². The van der Waals surface area contributed by atoms with Gasteiger partial charge in [0, 0.05) is 12.1 Å². The molecule has 1 N–H and O–H groups in total. The van der Waals surface area contributed by atoms with Gasteiger partial charge in [-0.25, -0.2) is 0 Å². The first-order valence-electron chi connectivity index (χ1n) is 11.6. The van der Waals surface area contributed by atoms with Crippen molar-refractivity contribution in [2.75, 3.05) is 27.9 Å². The normalized spacial score (nSPS) is 16.8. The smallest absolute Gasteiger partial charge is 0.295 e. The van der Waals surface area contributed by atoms with Crippen LogP contribution >= 0.6 is 0 Å². The Labute approximate surface area is 210 Å². The molecule has 1 amide bonds.